The Morgan fingerprint density at radius 1 is 1.44 bits per heavy atom. The topological polar surface area (TPSA) is 72.6 Å². The third-order valence-corrected chi connectivity index (χ3v) is 4.51. The number of aromatic nitrogens is 2. The normalized spacial score (nSPS) is 12.0. The van der Waals surface area contributed by atoms with Gasteiger partial charge in [-0.1, -0.05) is 23.5 Å². The van der Waals surface area contributed by atoms with E-state index in [4.69, 9.17) is 17.0 Å². The van der Waals surface area contributed by atoms with Crippen LogP contribution in [-0.4, -0.2) is 42.4 Å². The number of benzene rings is 1. The number of hydrogen-bond acceptors (Lipinski definition) is 6. The zero-order chi connectivity index (χ0) is 18.4. The van der Waals surface area contributed by atoms with Crippen molar-refractivity contribution in [2.75, 3.05) is 26.0 Å². The standard InChI is InChI=1S/C16H23N5O2S2/c1-11(2)17-14(22)9-20(3)10-21-16(24)25-15(19-21)18-12-7-5-6-8-13(12)23-4/h5-8,11H,9-10H2,1-4H3,(H,17,22)(H,18,19)/p+1. The summed E-state index contributed by atoms with van der Waals surface area (Å²) in [4.78, 5) is 12.8. The highest BCUT2D eigenvalue weighted by molar-refractivity contribution is 7.73. The van der Waals surface area contributed by atoms with Crippen LogP contribution in [0.3, 0.4) is 0 Å². The quantitative estimate of drug-likeness (QED) is 0.603. The van der Waals surface area contributed by atoms with Crippen LogP contribution in [0.5, 0.6) is 5.75 Å². The molecule has 0 bridgehead atoms. The molecule has 0 radical (unpaired) electrons. The van der Waals surface area contributed by atoms with Gasteiger partial charge in [0.15, 0.2) is 17.2 Å². The number of likely N-dealkylation sites (N-methyl/N-ethyl adjacent to an activating group) is 1. The molecule has 0 saturated heterocycles. The smallest absolute Gasteiger partial charge is 0.275 e. The van der Waals surface area contributed by atoms with E-state index in [0.717, 1.165) is 16.3 Å². The molecule has 1 unspecified atom stereocenters. The minimum atomic E-state index is 0.0154. The van der Waals surface area contributed by atoms with E-state index in [-0.39, 0.29) is 11.9 Å². The minimum absolute atomic E-state index is 0.0154. The first kappa shape index (κ1) is 19.4. The van der Waals surface area contributed by atoms with Crippen LogP contribution in [0.4, 0.5) is 10.8 Å². The third kappa shape index (κ3) is 5.80. The Hall–Kier alpha value is -1.97. The van der Waals surface area contributed by atoms with Gasteiger partial charge >= 0.3 is 0 Å². The van der Waals surface area contributed by atoms with Crippen molar-refractivity contribution in [3.05, 3.63) is 28.2 Å². The molecule has 1 aromatic heterocycles. The van der Waals surface area contributed by atoms with Gasteiger partial charge in [0.05, 0.1) is 19.8 Å². The number of amides is 1. The zero-order valence-corrected chi connectivity index (χ0v) is 16.5. The summed E-state index contributed by atoms with van der Waals surface area (Å²) in [6.45, 7) is 4.78. The van der Waals surface area contributed by atoms with Gasteiger partial charge in [0, 0.05) is 6.04 Å². The molecular weight excluding hydrogens is 358 g/mol. The van der Waals surface area contributed by atoms with Crippen molar-refractivity contribution in [1.82, 2.24) is 15.1 Å². The number of hydrogen-bond donors (Lipinski definition) is 3. The summed E-state index contributed by atoms with van der Waals surface area (Å²) in [6, 6.07) is 7.76. The predicted octanol–water partition coefficient (Wildman–Crippen LogP) is 1.42. The number of quaternary nitrogens is 1. The van der Waals surface area contributed by atoms with Crippen LogP contribution in [-0.2, 0) is 11.5 Å². The third-order valence-electron chi connectivity index (χ3n) is 3.29. The average Bonchev–Trinajstić information content (AvgIpc) is 2.86. The number of para-hydroxylation sites is 2. The Morgan fingerprint density at radius 3 is 2.84 bits per heavy atom. The van der Waals surface area contributed by atoms with Gasteiger partial charge in [-0.3, -0.25) is 4.79 Å². The van der Waals surface area contributed by atoms with Gasteiger partial charge < -0.3 is 20.3 Å². The lowest BCUT2D eigenvalue weighted by molar-refractivity contribution is -0.895. The van der Waals surface area contributed by atoms with Crippen LogP contribution in [0.25, 0.3) is 0 Å². The molecule has 0 spiro atoms. The van der Waals surface area contributed by atoms with E-state index < -0.39 is 0 Å². The van der Waals surface area contributed by atoms with E-state index >= 15 is 0 Å². The first-order valence-electron chi connectivity index (χ1n) is 7.97. The van der Waals surface area contributed by atoms with Crippen LogP contribution in [0.15, 0.2) is 24.3 Å². The molecule has 25 heavy (non-hydrogen) atoms. The van der Waals surface area contributed by atoms with Gasteiger partial charge in [0.25, 0.3) is 5.91 Å². The number of ether oxygens (including phenoxy) is 1. The molecule has 1 atom stereocenters. The monoisotopic (exact) mass is 382 g/mol. The molecule has 9 heteroatoms. The molecule has 0 fully saturated rings. The van der Waals surface area contributed by atoms with Gasteiger partial charge in [0.1, 0.15) is 5.75 Å². The van der Waals surface area contributed by atoms with E-state index in [1.165, 1.54) is 11.3 Å². The van der Waals surface area contributed by atoms with Crippen molar-refractivity contribution in [3.63, 3.8) is 0 Å². The molecule has 3 N–H and O–H groups in total. The number of anilines is 2. The number of carbonyl (C=O) groups excluding carboxylic acids is 1. The van der Waals surface area contributed by atoms with Crippen LogP contribution < -0.4 is 20.3 Å². The van der Waals surface area contributed by atoms with Crippen molar-refractivity contribution in [3.8, 4) is 5.75 Å². The Kier molecular flexibility index (Phi) is 6.91. The second kappa shape index (κ2) is 8.93. The van der Waals surface area contributed by atoms with E-state index in [1.807, 2.05) is 45.2 Å². The highest BCUT2D eigenvalue weighted by Crippen LogP contribution is 2.28. The van der Waals surface area contributed by atoms with E-state index in [2.05, 4.69) is 15.7 Å². The maximum absolute atomic E-state index is 11.8. The maximum Gasteiger partial charge on any atom is 0.275 e. The molecule has 2 aromatic rings. The van der Waals surface area contributed by atoms with E-state index in [1.54, 1.807) is 11.8 Å². The van der Waals surface area contributed by atoms with Crippen molar-refractivity contribution in [2.45, 2.75) is 26.6 Å². The molecule has 0 saturated carbocycles. The van der Waals surface area contributed by atoms with Crippen molar-refractivity contribution >= 4 is 40.3 Å². The molecule has 136 valence electrons. The summed E-state index contributed by atoms with van der Waals surface area (Å²) in [5, 5.41) is 11.3. The number of nitrogens with one attached hydrogen (secondary N) is 3. The fourth-order valence-corrected chi connectivity index (χ4v) is 3.30. The highest BCUT2D eigenvalue weighted by atomic mass is 32.1. The molecule has 1 amide bonds. The van der Waals surface area contributed by atoms with Crippen molar-refractivity contribution in [1.29, 1.82) is 0 Å². The van der Waals surface area contributed by atoms with Gasteiger partial charge in [-0.25, -0.2) is 0 Å². The molecule has 7 nitrogen and oxygen atoms in total. The first-order valence-corrected chi connectivity index (χ1v) is 9.20. The predicted molar refractivity (Wildman–Crippen MR) is 102 cm³/mol. The minimum Gasteiger partial charge on any atom is -0.495 e. The number of carbonyl (C=O) groups is 1. The summed E-state index contributed by atoms with van der Waals surface area (Å²) >= 11 is 6.77. The Bertz CT molecular complexity index is 772. The second-order valence-electron chi connectivity index (χ2n) is 6.01. The van der Waals surface area contributed by atoms with Gasteiger partial charge in [-0.15, -0.1) is 5.10 Å². The maximum atomic E-state index is 11.8. The summed E-state index contributed by atoms with van der Waals surface area (Å²) in [5.41, 5.74) is 0.831. The van der Waals surface area contributed by atoms with Crippen LogP contribution in [0.2, 0.25) is 0 Å². The number of rotatable bonds is 8. The van der Waals surface area contributed by atoms with Crippen LogP contribution >= 0.6 is 23.6 Å². The Morgan fingerprint density at radius 2 is 2.16 bits per heavy atom. The Balaban J connectivity index is 2.02. The van der Waals surface area contributed by atoms with Crippen molar-refractivity contribution < 1.29 is 14.4 Å². The van der Waals surface area contributed by atoms with Gasteiger partial charge in [-0.05, 0) is 38.2 Å². The molecule has 0 aliphatic rings. The van der Waals surface area contributed by atoms with E-state index in [0.29, 0.717) is 22.3 Å². The van der Waals surface area contributed by atoms with Gasteiger partial charge in [-0.2, -0.15) is 4.68 Å². The summed E-state index contributed by atoms with van der Waals surface area (Å²) in [6.07, 6.45) is 0. The molecular formula is C16H24N5O2S2+. The fraction of sp³-hybridized carbons (Fsp3) is 0.438. The largest absolute Gasteiger partial charge is 0.495 e. The summed E-state index contributed by atoms with van der Waals surface area (Å²) in [5.74, 6) is 0.755. The summed E-state index contributed by atoms with van der Waals surface area (Å²) < 4.78 is 7.71. The molecule has 1 aromatic carbocycles. The lowest BCUT2D eigenvalue weighted by Gasteiger charge is -2.14. The van der Waals surface area contributed by atoms with Gasteiger partial charge in [0.2, 0.25) is 5.13 Å². The average molecular weight is 383 g/mol. The van der Waals surface area contributed by atoms with Crippen LogP contribution in [0.1, 0.15) is 13.8 Å². The van der Waals surface area contributed by atoms with Crippen molar-refractivity contribution in [2.24, 2.45) is 0 Å². The molecule has 2 rings (SSSR count). The molecule has 0 aliphatic heterocycles. The highest BCUT2D eigenvalue weighted by Gasteiger charge is 2.14. The first-order chi connectivity index (χ1) is 11.9. The number of methoxy groups -OCH3 is 1. The van der Waals surface area contributed by atoms with E-state index in [9.17, 15) is 4.79 Å². The molecule has 0 aliphatic carbocycles. The lowest BCUT2D eigenvalue weighted by Crippen LogP contribution is -3.09. The summed E-state index contributed by atoms with van der Waals surface area (Å²) in [7, 11) is 3.57. The SMILES string of the molecule is COc1ccccc1Nc1nn(C[NH+](C)CC(=O)NC(C)C)c(=S)s1. The lowest BCUT2D eigenvalue weighted by atomic mass is 10.3. The molecule has 1 heterocycles. The Labute approximate surface area is 156 Å². The fourth-order valence-electron chi connectivity index (χ4n) is 2.28. The van der Waals surface area contributed by atoms with Crippen LogP contribution in [0, 0.1) is 3.95 Å². The zero-order valence-electron chi connectivity index (χ0n) is 14.8. The number of nitrogens with zero attached hydrogens (tertiary/aromatic N) is 2. The second-order valence-corrected chi connectivity index (χ2v) is 7.63.